The van der Waals surface area contributed by atoms with Crippen LogP contribution < -0.4 is 5.43 Å². The lowest BCUT2D eigenvalue weighted by atomic mass is 10.1. The number of carbonyl (C=O) groups is 1. The maximum absolute atomic E-state index is 12.8. The van der Waals surface area contributed by atoms with Crippen LogP contribution >= 0.6 is 11.6 Å². The number of hydrogen-bond acceptors (Lipinski definition) is 4. The van der Waals surface area contributed by atoms with Crippen LogP contribution in [-0.4, -0.2) is 37.4 Å². The zero-order valence-corrected chi connectivity index (χ0v) is 17.1. The van der Waals surface area contributed by atoms with E-state index in [1.807, 2.05) is 0 Å². The fraction of sp³-hybridized carbons (Fsp3) is 0.300. The normalized spacial score (nSPS) is 16.0. The molecule has 1 fully saturated rings. The first-order chi connectivity index (χ1) is 13.4. The molecule has 0 spiro atoms. The van der Waals surface area contributed by atoms with E-state index in [0.717, 1.165) is 24.8 Å². The SMILES string of the molecule is C/C(=N/NC(=O)c1cccc(S(=O)(=O)N2CCCCC2)c1)c1ccc(Cl)cc1. The van der Waals surface area contributed by atoms with Gasteiger partial charge < -0.3 is 0 Å². The van der Waals surface area contributed by atoms with Crippen molar-refractivity contribution in [3.63, 3.8) is 0 Å². The second-order valence-corrected chi connectivity index (χ2v) is 9.01. The van der Waals surface area contributed by atoms with Crippen molar-refractivity contribution in [3.05, 3.63) is 64.7 Å². The molecule has 0 saturated carbocycles. The molecule has 6 nitrogen and oxygen atoms in total. The van der Waals surface area contributed by atoms with Gasteiger partial charge in [-0.15, -0.1) is 0 Å². The highest BCUT2D eigenvalue weighted by molar-refractivity contribution is 7.89. The van der Waals surface area contributed by atoms with Gasteiger partial charge in [0.1, 0.15) is 0 Å². The Balaban J connectivity index is 1.75. The van der Waals surface area contributed by atoms with Crippen LogP contribution in [0, 0.1) is 0 Å². The molecule has 3 rings (SSSR count). The lowest BCUT2D eigenvalue weighted by molar-refractivity contribution is 0.0954. The summed E-state index contributed by atoms with van der Waals surface area (Å²) < 4.78 is 27.1. The molecule has 28 heavy (non-hydrogen) atoms. The molecule has 0 aromatic heterocycles. The summed E-state index contributed by atoms with van der Waals surface area (Å²) in [7, 11) is -3.59. The fourth-order valence-electron chi connectivity index (χ4n) is 3.01. The average Bonchev–Trinajstić information content (AvgIpc) is 2.73. The van der Waals surface area contributed by atoms with Gasteiger partial charge in [0, 0.05) is 23.7 Å². The van der Waals surface area contributed by atoms with Gasteiger partial charge in [0.05, 0.1) is 10.6 Å². The summed E-state index contributed by atoms with van der Waals surface area (Å²) in [6.07, 6.45) is 2.76. The van der Waals surface area contributed by atoms with E-state index in [0.29, 0.717) is 23.8 Å². The summed E-state index contributed by atoms with van der Waals surface area (Å²) >= 11 is 5.87. The molecule has 8 heteroatoms. The Bertz CT molecular complexity index is 982. The molecule has 1 amide bonds. The molecule has 2 aromatic rings. The van der Waals surface area contributed by atoms with Crippen LogP contribution in [0.1, 0.15) is 42.1 Å². The molecule has 1 aliphatic heterocycles. The van der Waals surface area contributed by atoms with Crippen molar-refractivity contribution < 1.29 is 13.2 Å². The Kier molecular flexibility index (Phi) is 6.49. The van der Waals surface area contributed by atoms with Crippen molar-refractivity contribution >= 4 is 33.2 Å². The van der Waals surface area contributed by atoms with Crippen LogP contribution in [0.4, 0.5) is 0 Å². The van der Waals surface area contributed by atoms with E-state index in [-0.39, 0.29) is 10.5 Å². The summed E-state index contributed by atoms with van der Waals surface area (Å²) in [5, 5.41) is 4.71. The van der Waals surface area contributed by atoms with E-state index in [4.69, 9.17) is 11.6 Å². The van der Waals surface area contributed by atoms with Crippen molar-refractivity contribution in [1.82, 2.24) is 9.73 Å². The lowest BCUT2D eigenvalue weighted by Crippen LogP contribution is -2.35. The number of hydrazone groups is 1. The second kappa shape index (κ2) is 8.86. The van der Waals surface area contributed by atoms with Gasteiger partial charge in [0.2, 0.25) is 10.0 Å². The number of carbonyl (C=O) groups excluding carboxylic acids is 1. The Morgan fingerprint density at radius 1 is 1.04 bits per heavy atom. The first-order valence-corrected chi connectivity index (χ1v) is 10.9. The van der Waals surface area contributed by atoms with Gasteiger partial charge in [-0.1, -0.05) is 36.2 Å². The number of nitrogens with one attached hydrogen (secondary N) is 1. The second-order valence-electron chi connectivity index (χ2n) is 6.64. The molecular weight excluding hydrogens is 398 g/mol. The summed E-state index contributed by atoms with van der Waals surface area (Å²) in [6.45, 7) is 2.80. The van der Waals surface area contributed by atoms with Crippen LogP contribution in [0.3, 0.4) is 0 Å². The third-order valence-corrected chi connectivity index (χ3v) is 6.78. The number of nitrogens with zero attached hydrogens (tertiary/aromatic N) is 2. The van der Waals surface area contributed by atoms with E-state index < -0.39 is 15.9 Å². The third kappa shape index (κ3) is 4.79. The highest BCUT2D eigenvalue weighted by Gasteiger charge is 2.26. The summed E-state index contributed by atoms with van der Waals surface area (Å²) in [6, 6.07) is 13.1. The van der Waals surface area contributed by atoms with E-state index >= 15 is 0 Å². The predicted octanol–water partition coefficient (Wildman–Crippen LogP) is 3.67. The van der Waals surface area contributed by atoms with Crippen LogP contribution in [0.2, 0.25) is 5.02 Å². The van der Waals surface area contributed by atoms with E-state index in [1.54, 1.807) is 43.3 Å². The number of sulfonamides is 1. The average molecular weight is 420 g/mol. The molecule has 0 unspecified atom stereocenters. The van der Waals surface area contributed by atoms with E-state index in [9.17, 15) is 13.2 Å². The van der Waals surface area contributed by atoms with Gasteiger partial charge in [-0.05, 0) is 55.7 Å². The van der Waals surface area contributed by atoms with Crippen molar-refractivity contribution in [2.75, 3.05) is 13.1 Å². The zero-order valence-electron chi connectivity index (χ0n) is 15.6. The Morgan fingerprint density at radius 2 is 1.71 bits per heavy atom. The number of amides is 1. The first-order valence-electron chi connectivity index (χ1n) is 9.09. The molecule has 1 heterocycles. The first kappa shape index (κ1) is 20.5. The van der Waals surface area contributed by atoms with Crippen molar-refractivity contribution in [2.45, 2.75) is 31.1 Å². The fourth-order valence-corrected chi connectivity index (χ4v) is 4.70. The molecule has 1 saturated heterocycles. The predicted molar refractivity (Wildman–Crippen MR) is 110 cm³/mol. The van der Waals surface area contributed by atoms with Crippen LogP contribution in [-0.2, 0) is 10.0 Å². The summed E-state index contributed by atoms with van der Waals surface area (Å²) in [5.74, 6) is -0.469. The smallest absolute Gasteiger partial charge is 0.267 e. The van der Waals surface area contributed by atoms with Gasteiger partial charge in [-0.2, -0.15) is 9.41 Å². The molecule has 1 N–H and O–H groups in total. The highest BCUT2D eigenvalue weighted by atomic mass is 35.5. The largest absolute Gasteiger partial charge is 0.271 e. The van der Waals surface area contributed by atoms with Gasteiger partial charge in [-0.25, -0.2) is 13.8 Å². The molecular formula is C20H22ClN3O3S. The molecule has 2 aromatic carbocycles. The number of benzene rings is 2. The van der Waals surface area contributed by atoms with Gasteiger partial charge in [-0.3, -0.25) is 4.79 Å². The maximum atomic E-state index is 12.8. The van der Waals surface area contributed by atoms with Gasteiger partial charge in [0.25, 0.3) is 5.91 Å². The quantitative estimate of drug-likeness (QED) is 0.593. The summed E-state index contributed by atoms with van der Waals surface area (Å²) in [4.78, 5) is 12.6. The van der Waals surface area contributed by atoms with E-state index in [2.05, 4.69) is 10.5 Å². The molecule has 0 aliphatic carbocycles. The Hall–Kier alpha value is -2.22. The standard InChI is InChI=1S/C20H22ClN3O3S/c1-15(16-8-10-18(21)11-9-16)22-23-20(25)17-6-5-7-19(14-17)28(26,27)24-12-3-2-4-13-24/h5-11,14H,2-4,12-13H2,1H3,(H,23,25)/b22-15-. The number of hydrogen-bond donors (Lipinski definition) is 1. The molecule has 0 bridgehead atoms. The molecule has 0 atom stereocenters. The molecule has 148 valence electrons. The van der Waals surface area contributed by atoms with Crippen LogP contribution in [0.15, 0.2) is 58.5 Å². The van der Waals surface area contributed by atoms with Crippen LogP contribution in [0.5, 0.6) is 0 Å². The minimum atomic E-state index is -3.59. The molecule has 1 aliphatic rings. The van der Waals surface area contributed by atoms with Crippen LogP contribution in [0.25, 0.3) is 0 Å². The van der Waals surface area contributed by atoms with Crippen molar-refractivity contribution in [1.29, 1.82) is 0 Å². The van der Waals surface area contributed by atoms with Gasteiger partial charge in [0.15, 0.2) is 0 Å². The van der Waals surface area contributed by atoms with Crippen molar-refractivity contribution in [3.8, 4) is 0 Å². The lowest BCUT2D eigenvalue weighted by Gasteiger charge is -2.25. The molecule has 0 radical (unpaired) electrons. The minimum absolute atomic E-state index is 0.125. The van der Waals surface area contributed by atoms with Gasteiger partial charge >= 0.3 is 0 Å². The highest BCUT2D eigenvalue weighted by Crippen LogP contribution is 2.21. The monoisotopic (exact) mass is 419 g/mol. The third-order valence-electron chi connectivity index (χ3n) is 4.64. The maximum Gasteiger partial charge on any atom is 0.271 e. The van der Waals surface area contributed by atoms with Crippen molar-refractivity contribution in [2.24, 2.45) is 5.10 Å². The Morgan fingerprint density at radius 3 is 2.39 bits per heavy atom. The number of piperidine rings is 1. The minimum Gasteiger partial charge on any atom is -0.267 e. The number of halogens is 1. The Labute approximate surface area is 170 Å². The zero-order chi connectivity index (χ0) is 20.1. The summed E-state index contributed by atoms with van der Waals surface area (Å²) in [5.41, 5.74) is 4.16. The number of rotatable bonds is 5. The topological polar surface area (TPSA) is 78.8 Å². The van der Waals surface area contributed by atoms with E-state index in [1.165, 1.54) is 16.4 Å².